The summed E-state index contributed by atoms with van der Waals surface area (Å²) < 4.78 is 0. The number of nitrogens with one attached hydrogen (secondary N) is 3. The molecule has 0 aliphatic heterocycles. The SMILES string of the molecule is CCCNCC(=O)NCc1ccc(NC(=O)C2CC2)cc1. The van der Waals surface area contributed by atoms with E-state index in [0.717, 1.165) is 37.1 Å². The number of hydrogen-bond acceptors (Lipinski definition) is 3. The van der Waals surface area contributed by atoms with E-state index in [-0.39, 0.29) is 17.7 Å². The van der Waals surface area contributed by atoms with Gasteiger partial charge in [-0.2, -0.15) is 0 Å². The maximum atomic E-state index is 11.6. The van der Waals surface area contributed by atoms with Gasteiger partial charge in [-0.3, -0.25) is 9.59 Å². The lowest BCUT2D eigenvalue weighted by molar-refractivity contribution is -0.120. The van der Waals surface area contributed by atoms with Gasteiger partial charge in [-0.1, -0.05) is 19.1 Å². The lowest BCUT2D eigenvalue weighted by Gasteiger charge is -2.08. The molecule has 1 fully saturated rings. The summed E-state index contributed by atoms with van der Waals surface area (Å²) in [6, 6.07) is 7.58. The molecule has 3 N–H and O–H groups in total. The molecule has 1 aliphatic carbocycles. The molecule has 0 spiro atoms. The summed E-state index contributed by atoms with van der Waals surface area (Å²) in [4.78, 5) is 23.2. The highest BCUT2D eigenvalue weighted by Crippen LogP contribution is 2.30. The van der Waals surface area contributed by atoms with E-state index in [2.05, 4.69) is 22.9 Å². The second kappa shape index (κ2) is 7.78. The average Bonchev–Trinajstić information content (AvgIpc) is 3.31. The minimum Gasteiger partial charge on any atom is -0.351 e. The van der Waals surface area contributed by atoms with Crippen molar-refractivity contribution in [2.45, 2.75) is 32.7 Å². The quantitative estimate of drug-likeness (QED) is 0.637. The standard InChI is InChI=1S/C16H23N3O2/c1-2-9-17-11-15(20)18-10-12-3-7-14(8-4-12)19-16(21)13-5-6-13/h3-4,7-8,13,17H,2,5-6,9-11H2,1H3,(H,18,20)(H,19,21). The molecule has 1 aromatic rings. The van der Waals surface area contributed by atoms with Crippen LogP contribution in [0.25, 0.3) is 0 Å². The Bertz CT molecular complexity index is 481. The van der Waals surface area contributed by atoms with E-state index >= 15 is 0 Å². The number of rotatable bonds is 8. The first kappa shape index (κ1) is 15.5. The summed E-state index contributed by atoms with van der Waals surface area (Å²) in [5.74, 6) is 0.312. The summed E-state index contributed by atoms with van der Waals surface area (Å²) in [6.07, 6.45) is 3.02. The molecular formula is C16H23N3O2. The summed E-state index contributed by atoms with van der Waals surface area (Å²) in [5, 5.41) is 8.81. The van der Waals surface area contributed by atoms with Crippen LogP contribution in [-0.2, 0) is 16.1 Å². The molecule has 1 aliphatic rings. The summed E-state index contributed by atoms with van der Waals surface area (Å²) in [5.41, 5.74) is 1.83. The van der Waals surface area contributed by atoms with Crippen LogP contribution in [0.2, 0.25) is 0 Å². The zero-order valence-corrected chi connectivity index (χ0v) is 12.4. The Morgan fingerprint density at radius 1 is 1.19 bits per heavy atom. The molecule has 0 aromatic heterocycles. The van der Waals surface area contributed by atoms with Crippen molar-refractivity contribution in [1.29, 1.82) is 0 Å². The van der Waals surface area contributed by atoms with Crippen LogP contribution < -0.4 is 16.0 Å². The lowest BCUT2D eigenvalue weighted by atomic mass is 10.2. The third-order valence-electron chi connectivity index (χ3n) is 3.37. The van der Waals surface area contributed by atoms with E-state index in [4.69, 9.17) is 0 Å². The highest BCUT2D eigenvalue weighted by molar-refractivity contribution is 5.94. The van der Waals surface area contributed by atoms with Crippen LogP contribution in [0.3, 0.4) is 0 Å². The van der Waals surface area contributed by atoms with Crippen molar-refractivity contribution >= 4 is 17.5 Å². The third kappa shape index (κ3) is 5.55. The molecule has 114 valence electrons. The van der Waals surface area contributed by atoms with Gasteiger partial charge in [-0.05, 0) is 43.5 Å². The number of carbonyl (C=O) groups is 2. The molecule has 2 amide bonds. The van der Waals surface area contributed by atoms with Crippen LogP contribution in [0.1, 0.15) is 31.7 Å². The molecule has 0 atom stereocenters. The zero-order valence-electron chi connectivity index (χ0n) is 12.4. The monoisotopic (exact) mass is 289 g/mol. The van der Waals surface area contributed by atoms with Gasteiger partial charge in [0.2, 0.25) is 11.8 Å². The second-order valence-electron chi connectivity index (χ2n) is 5.41. The first-order chi connectivity index (χ1) is 10.2. The molecule has 0 bridgehead atoms. The fraction of sp³-hybridized carbons (Fsp3) is 0.500. The van der Waals surface area contributed by atoms with E-state index < -0.39 is 0 Å². The Morgan fingerprint density at radius 2 is 1.90 bits per heavy atom. The fourth-order valence-corrected chi connectivity index (χ4v) is 1.94. The molecule has 1 saturated carbocycles. The van der Waals surface area contributed by atoms with Gasteiger partial charge < -0.3 is 16.0 Å². The Kier molecular flexibility index (Phi) is 5.75. The van der Waals surface area contributed by atoms with Gasteiger partial charge in [0.1, 0.15) is 0 Å². The van der Waals surface area contributed by atoms with Crippen LogP contribution >= 0.6 is 0 Å². The topological polar surface area (TPSA) is 70.2 Å². The van der Waals surface area contributed by atoms with Crippen molar-refractivity contribution in [3.63, 3.8) is 0 Å². The molecule has 1 aromatic carbocycles. The first-order valence-corrected chi connectivity index (χ1v) is 7.56. The Hall–Kier alpha value is -1.88. The predicted octanol–water partition coefficient (Wildman–Crippen LogP) is 1.65. The van der Waals surface area contributed by atoms with Crippen molar-refractivity contribution in [1.82, 2.24) is 10.6 Å². The smallest absolute Gasteiger partial charge is 0.234 e. The molecule has 5 nitrogen and oxygen atoms in total. The molecular weight excluding hydrogens is 266 g/mol. The third-order valence-corrected chi connectivity index (χ3v) is 3.37. The maximum absolute atomic E-state index is 11.6. The summed E-state index contributed by atoms with van der Waals surface area (Å²) >= 11 is 0. The molecule has 2 rings (SSSR count). The van der Waals surface area contributed by atoms with E-state index in [9.17, 15) is 9.59 Å². The fourth-order valence-electron chi connectivity index (χ4n) is 1.94. The maximum Gasteiger partial charge on any atom is 0.234 e. The number of benzene rings is 1. The lowest BCUT2D eigenvalue weighted by Crippen LogP contribution is -2.33. The zero-order chi connectivity index (χ0) is 15.1. The Labute approximate surface area is 125 Å². The first-order valence-electron chi connectivity index (χ1n) is 7.56. The van der Waals surface area contributed by atoms with Gasteiger partial charge in [0.25, 0.3) is 0 Å². The molecule has 0 heterocycles. The predicted molar refractivity (Wildman–Crippen MR) is 82.8 cm³/mol. The minimum absolute atomic E-state index is 0.00503. The van der Waals surface area contributed by atoms with Gasteiger partial charge in [-0.25, -0.2) is 0 Å². The number of carbonyl (C=O) groups excluding carboxylic acids is 2. The summed E-state index contributed by atoms with van der Waals surface area (Å²) in [7, 11) is 0. The number of anilines is 1. The van der Waals surface area contributed by atoms with Gasteiger partial charge in [0.15, 0.2) is 0 Å². The van der Waals surface area contributed by atoms with Crippen LogP contribution in [0.15, 0.2) is 24.3 Å². The van der Waals surface area contributed by atoms with Crippen LogP contribution in [0, 0.1) is 5.92 Å². The van der Waals surface area contributed by atoms with Crippen molar-refractivity contribution in [3.8, 4) is 0 Å². The largest absolute Gasteiger partial charge is 0.351 e. The highest BCUT2D eigenvalue weighted by atomic mass is 16.2. The van der Waals surface area contributed by atoms with Gasteiger partial charge >= 0.3 is 0 Å². The Morgan fingerprint density at radius 3 is 2.52 bits per heavy atom. The highest BCUT2D eigenvalue weighted by Gasteiger charge is 2.29. The van der Waals surface area contributed by atoms with Crippen molar-refractivity contribution in [3.05, 3.63) is 29.8 Å². The van der Waals surface area contributed by atoms with Gasteiger partial charge in [-0.15, -0.1) is 0 Å². The molecule has 21 heavy (non-hydrogen) atoms. The van der Waals surface area contributed by atoms with E-state index in [1.165, 1.54) is 0 Å². The normalized spacial score (nSPS) is 13.8. The summed E-state index contributed by atoms with van der Waals surface area (Å²) in [6.45, 7) is 3.77. The van der Waals surface area contributed by atoms with Crippen LogP contribution in [0.4, 0.5) is 5.69 Å². The van der Waals surface area contributed by atoms with E-state index in [1.54, 1.807) is 0 Å². The second-order valence-corrected chi connectivity index (χ2v) is 5.41. The van der Waals surface area contributed by atoms with E-state index in [0.29, 0.717) is 13.1 Å². The van der Waals surface area contributed by atoms with Gasteiger partial charge in [0, 0.05) is 18.2 Å². The average molecular weight is 289 g/mol. The minimum atomic E-state index is -0.00503. The van der Waals surface area contributed by atoms with E-state index in [1.807, 2.05) is 24.3 Å². The van der Waals surface area contributed by atoms with Crippen molar-refractivity contribution in [2.24, 2.45) is 5.92 Å². The van der Waals surface area contributed by atoms with Crippen LogP contribution in [0.5, 0.6) is 0 Å². The van der Waals surface area contributed by atoms with Crippen molar-refractivity contribution in [2.75, 3.05) is 18.4 Å². The van der Waals surface area contributed by atoms with Crippen molar-refractivity contribution < 1.29 is 9.59 Å². The molecule has 5 heteroatoms. The molecule has 0 saturated heterocycles. The van der Waals surface area contributed by atoms with Crippen LogP contribution in [-0.4, -0.2) is 24.9 Å². The number of hydrogen-bond donors (Lipinski definition) is 3. The number of amides is 2. The van der Waals surface area contributed by atoms with Gasteiger partial charge in [0.05, 0.1) is 6.54 Å². The molecule has 0 unspecified atom stereocenters. The Balaban J connectivity index is 1.71. The molecule has 0 radical (unpaired) electrons.